The number of rotatable bonds is 10. The standard InChI is InChI=1S/C21H25N5O3S/c1-15-7-6-8-16(2)20(15)29-13-18-24-25-21(26(18)22)30-14-19(27)23-11-12-28-17-9-4-3-5-10-17/h3-10H,11-14,22H2,1-2H3,(H,23,27). The van der Waals surface area contributed by atoms with Crippen molar-refractivity contribution in [3.8, 4) is 11.5 Å². The third-order valence-corrected chi connectivity index (χ3v) is 5.20. The number of thioether (sulfide) groups is 1. The van der Waals surface area contributed by atoms with Crippen LogP contribution in [0.2, 0.25) is 0 Å². The van der Waals surface area contributed by atoms with Gasteiger partial charge in [-0.1, -0.05) is 48.2 Å². The smallest absolute Gasteiger partial charge is 0.230 e. The lowest BCUT2D eigenvalue weighted by atomic mass is 10.1. The molecule has 9 heteroatoms. The molecule has 3 rings (SSSR count). The fraction of sp³-hybridized carbons (Fsp3) is 0.286. The number of nitrogens with two attached hydrogens (primary N) is 1. The van der Waals surface area contributed by atoms with Crippen LogP contribution in [0.1, 0.15) is 17.0 Å². The second-order valence-corrected chi connectivity index (χ2v) is 7.52. The van der Waals surface area contributed by atoms with E-state index in [-0.39, 0.29) is 18.3 Å². The Morgan fingerprint density at radius 3 is 2.53 bits per heavy atom. The number of nitrogen functional groups attached to an aromatic ring is 1. The van der Waals surface area contributed by atoms with Gasteiger partial charge in [0, 0.05) is 0 Å². The Balaban J connectivity index is 1.41. The van der Waals surface area contributed by atoms with Crippen LogP contribution in [0.15, 0.2) is 53.7 Å². The Morgan fingerprint density at radius 1 is 1.07 bits per heavy atom. The van der Waals surface area contributed by atoms with E-state index in [9.17, 15) is 4.79 Å². The van der Waals surface area contributed by atoms with Crippen molar-refractivity contribution in [1.82, 2.24) is 20.2 Å². The van der Waals surface area contributed by atoms with E-state index in [0.717, 1.165) is 22.6 Å². The molecule has 0 saturated heterocycles. The van der Waals surface area contributed by atoms with Gasteiger partial charge in [-0.3, -0.25) is 4.79 Å². The number of para-hydroxylation sites is 2. The summed E-state index contributed by atoms with van der Waals surface area (Å²) in [6, 6.07) is 15.4. The molecule has 0 radical (unpaired) electrons. The largest absolute Gasteiger partial charge is 0.492 e. The molecule has 158 valence electrons. The van der Waals surface area contributed by atoms with Crippen molar-refractivity contribution < 1.29 is 14.3 Å². The summed E-state index contributed by atoms with van der Waals surface area (Å²) in [6.07, 6.45) is 0. The van der Waals surface area contributed by atoms with Crippen LogP contribution in [0.3, 0.4) is 0 Å². The number of aryl methyl sites for hydroxylation is 2. The van der Waals surface area contributed by atoms with Gasteiger partial charge in [-0.25, -0.2) is 4.68 Å². The van der Waals surface area contributed by atoms with Crippen molar-refractivity contribution in [2.24, 2.45) is 0 Å². The van der Waals surface area contributed by atoms with E-state index in [1.807, 2.05) is 62.4 Å². The Bertz CT molecular complexity index is 958. The second kappa shape index (κ2) is 10.5. The van der Waals surface area contributed by atoms with Crippen molar-refractivity contribution >= 4 is 17.7 Å². The van der Waals surface area contributed by atoms with Crippen LogP contribution in [0, 0.1) is 13.8 Å². The number of amides is 1. The van der Waals surface area contributed by atoms with Gasteiger partial charge in [0.1, 0.15) is 24.7 Å². The molecule has 3 aromatic rings. The molecule has 3 N–H and O–H groups in total. The van der Waals surface area contributed by atoms with Gasteiger partial charge in [0.25, 0.3) is 0 Å². The zero-order valence-electron chi connectivity index (χ0n) is 17.0. The minimum absolute atomic E-state index is 0.131. The summed E-state index contributed by atoms with van der Waals surface area (Å²) in [5, 5.41) is 11.4. The SMILES string of the molecule is Cc1cccc(C)c1OCc1nnc(SCC(=O)NCCOc2ccccc2)n1N. The van der Waals surface area contributed by atoms with Crippen LogP contribution < -0.4 is 20.6 Å². The molecule has 0 bridgehead atoms. The number of hydrogen-bond acceptors (Lipinski definition) is 7. The molecular weight excluding hydrogens is 402 g/mol. The van der Waals surface area contributed by atoms with Crippen molar-refractivity contribution in [3.63, 3.8) is 0 Å². The molecule has 1 heterocycles. The average molecular weight is 428 g/mol. The second-order valence-electron chi connectivity index (χ2n) is 6.58. The topological polar surface area (TPSA) is 104 Å². The van der Waals surface area contributed by atoms with Crippen LogP contribution in [0.4, 0.5) is 0 Å². The number of benzene rings is 2. The van der Waals surface area contributed by atoms with Gasteiger partial charge in [0.05, 0.1) is 12.3 Å². The maximum absolute atomic E-state index is 12.0. The fourth-order valence-electron chi connectivity index (χ4n) is 2.72. The lowest BCUT2D eigenvalue weighted by Crippen LogP contribution is -2.29. The quantitative estimate of drug-likeness (QED) is 0.291. The number of ether oxygens (including phenoxy) is 2. The first-order valence-corrected chi connectivity index (χ1v) is 10.5. The fourth-order valence-corrected chi connectivity index (χ4v) is 3.43. The number of carbonyl (C=O) groups excluding carboxylic acids is 1. The van der Waals surface area contributed by atoms with Crippen LogP contribution in [0.5, 0.6) is 11.5 Å². The molecule has 0 atom stereocenters. The molecule has 1 aromatic heterocycles. The predicted octanol–water partition coefficient (Wildman–Crippen LogP) is 2.48. The van der Waals surface area contributed by atoms with Crippen LogP contribution in [-0.2, 0) is 11.4 Å². The first-order chi connectivity index (χ1) is 14.5. The minimum Gasteiger partial charge on any atom is -0.492 e. The van der Waals surface area contributed by atoms with Crippen molar-refractivity contribution in [2.45, 2.75) is 25.6 Å². The van der Waals surface area contributed by atoms with E-state index in [1.165, 1.54) is 16.4 Å². The van der Waals surface area contributed by atoms with E-state index >= 15 is 0 Å². The highest BCUT2D eigenvalue weighted by Gasteiger charge is 2.14. The third kappa shape index (κ3) is 5.90. The molecule has 0 aliphatic carbocycles. The lowest BCUT2D eigenvalue weighted by Gasteiger charge is -2.11. The van der Waals surface area contributed by atoms with E-state index in [1.54, 1.807) is 0 Å². The van der Waals surface area contributed by atoms with Crippen LogP contribution in [-0.4, -0.2) is 39.7 Å². The summed E-state index contributed by atoms with van der Waals surface area (Å²) in [4.78, 5) is 12.0. The number of nitrogens with zero attached hydrogens (tertiary/aromatic N) is 3. The van der Waals surface area contributed by atoms with Crippen molar-refractivity contribution in [2.75, 3.05) is 24.7 Å². The molecular formula is C21H25N5O3S. The highest BCUT2D eigenvalue weighted by atomic mass is 32.2. The highest BCUT2D eigenvalue weighted by molar-refractivity contribution is 7.99. The Kier molecular flexibility index (Phi) is 7.56. The maximum atomic E-state index is 12.0. The summed E-state index contributed by atoms with van der Waals surface area (Å²) in [7, 11) is 0. The van der Waals surface area contributed by atoms with E-state index in [2.05, 4.69) is 15.5 Å². The van der Waals surface area contributed by atoms with E-state index in [0.29, 0.717) is 24.1 Å². The van der Waals surface area contributed by atoms with Crippen LogP contribution >= 0.6 is 11.8 Å². The first kappa shape index (κ1) is 21.5. The number of hydrogen-bond donors (Lipinski definition) is 2. The third-order valence-electron chi connectivity index (χ3n) is 4.26. The molecule has 0 saturated carbocycles. The first-order valence-electron chi connectivity index (χ1n) is 9.50. The van der Waals surface area contributed by atoms with Gasteiger partial charge in [0.15, 0.2) is 5.82 Å². The normalized spacial score (nSPS) is 10.6. The summed E-state index contributed by atoms with van der Waals surface area (Å²) in [5.74, 6) is 8.17. The molecule has 30 heavy (non-hydrogen) atoms. The van der Waals surface area contributed by atoms with Gasteiger partial charge >= 0.3 is 0 Å². The van der Waals surface area contributed by atoms with E-state index in [4.69, 9.17) is 15.3 Å². The van der Waals surface area contributed by atoms with Crippen molar-refractivity contribution in [1.29, 1.82) is 0 Å². The maximum Gasteiger partial charge on any atom is 0.230 e. The molecule has 0 spiro atoms. The number of nitrogens with one attached hydrogen (secondary N) is 1. The Labute approximate surface area is 179 Å². The summed E-state index contributed by atoms with van der Waals surface area (Å²) in [6.45, 7) is 4.98. The molecule has 0 unspecified atom stereocenters. The summed E-state index contributed by atoms with van der Waals surface area (Å²) >= 11 is 1.21. The van der Waals surface area contributed by atoms with Gasteiger partial charge in [0.2, 0.25) is 11.1 Å². The molecule has 2 aromatic carbocycles. The zero-order chi connectivity index (χ0) is 21.3. The number of carbonyl (C=O) groups is 1. The van der Waals surface area contributed by atoms with Gasteiger partial charge in [-0.05, 0) is 37.1 Å². The minimum atomic E-state index is -0.131. The monoisotopic (exact) mass is 427 g/mol. The predicted molar refractivity (Wildman–Crippen MR) is 116 cm³/mol. The molecule has 8 nitrogen and oxygen atoms in total. The van der Waals surface area contributed by atoms with E-state index < -0.39 is 0 Å². The summed E-state index contributed by atoms with van der Waals surface area (Å²) in [5.41, 5.74) is 2.08. The molecule has 0 aliphatic rings. The lowest BCUT2D eigenvalue weighted by molar-refractivity contribution is -0.118. The summed E-state index contributed by atoms with van der Waals surface area (Å²) < 4.78 is 12.8. The van der Waals surface area contributed by atoms with Crippen molar-refractivity contribution in [3.05, 3.63) is 65.5 Å². The van der Waals surface area contributed by atoms with Gasteiger partial charge < -0.3 is 20.6 Å². The van der Waals surface area contributed by atoms with Gasteiger partial charge in [-0.2, -0.15) is 0 Å². The molecule has 0 aliphatic heterocycles. The average Bonchev–Trinajstić information content (AvgIpc) is 3.09. The molecule has 1 amide bonds. The Hall–Kier alpha value is -3.20. The molecule has 0 fully saturated rings. The van der Waals surface area contributed by atoms with Crippen LogP contribution in [0.25, 0.3) is 0 Å². The van der Waals surface area contributed by atoms with Gasteiger partial charge in [-0.15, -0.1) is 10.2 Å². The Morgan fingerprint density at radius 2 is 1.80 bits per heavy atom. The zero-order valence-corrected chi connectivity index (χ0v) is 17.8. The highest BCUT2D eigenvalue weighted by Crippen LogP contribution is 2.23. The number of aromatic nitrogens is 3.